The van der Waals surface area contributed by atoms with Crippen LogP contribution < -0.4 is 15.4 Å². The molecule has 0 bridgehead atoms. The molecule has 1 unspecified atom stereocenters. The van der Waals surface area contributed by atoms with Crippen LogP contribution in [0.3, 0.4) is 0 Å². The van der Waals surface area contributed by atoms with Crippen molar-refractivity contribution in [2.45, 2.75) is 26.4 Å². The number of anilines is 2. The molecular weight excluding hydrogens is 276 g/mol. The highest BCUT2D eigenvalue weighted by molar-refractivity contribution is 6.00. The first-order valence-corrected chi connectivity index (χ1v) is 7.51. The van der Waals surface area contributed by atoms with Crippen LogP contribution in [0.2, 0.25) is 0 Å². The predicted molar refractivity (Wildman–Crippen MR) is 88.2 cm³/mol. The van der Waals surface area contributed by atoms with Crippen molar-refractivity contribution in [3.63, 3.8) is 0 Å². The molecule has 22 heavy (non-hydrogen) atoms. The topological polar surface area (TPSA) is 55.6 Å². The van der Waals surface area contributed by atoms with Crippen LogP contribution in [0.4, 0.5) is 11.4 Å². The van der Waals surface area contributed by atoms with E-state index < -0.39 is 6.10 Å². The molecule has 0 saturated heterocycles. The fraction of sp³-hybridized carbons (Fsp3) is 0.278. The number of nitrogen functional groups attached to an aromatic ring is 1. The SMILES string of the molecule is CCN1C(=O)C(Cc2ccc(C)cc2)Oc2ccc(N)cc21. The second-order valence-electron chi connectivity index (χ2n) is 5.61. The molecular formula is C18H20N2O2. The quantitative estimate of drug-likeness (QED) is 0.886. The summed E-state index contributed by atoms with van der Waals surface area (Å²) in [5.41, 5.74) is 9.51. The largest absolute Gasteiger partial charge is 0.478 e. The van der Waals surface area contributed by atoms with E-state index in [4.69, 9.17) is 10.5 Å². The van der Waals surface area contributed by atoms with E-state index >= 15 is 0 Å². The van der Waals surface area contributed by atoms with E-state index in [1.54, 1.807) is 17.0 Å². The zero-order valence-electron chi connectivity index (χ0n) is 12.9. The molecule has 0 aliphatic carbocycles. The van der Waals surface area contributed by atoms with E-state index in [0.29, 0.717) is 24.4 Å². The number of benzene rings is 2. The Labute approximate surface area is 130 Å². The van der Waals surface area contributed by atoms with Gasteiger partial charge >= 0.3 is 0 Å². The second kappa shape index (κ2) is 5.72. The molecule has 4 nitrogen and oxygen atoms in total. The van der Waals surface area contributed by atoms with E-state index in [0.717, 1.165) is 11.3 Å². The molecule has 1 atom stereocenters. The van der Waals surface area contributed by atoms with Gasteiger partial charge in [-0.3, -0.25) is 4.79 Å². The summed E-state index contributed by atoms with van der Waals surface area (Å²) in [6.07, 6.45) is 0.0816. The van der Waals surface area contributed by atoms with Gasteiger partial charge in [0.2, 0.25) is 0 Å². The summed E-state index contributed by atoms with van der Waals surface area (Å²) in [6.45, 7) is 4.60. The van der Waals surface area contributed by atoms with Crippen LogP contribution in [0.1, 0.15) is 18.1 Å². The Balaban J connectivity index is 1.89. The minimum atomic E-state index is -0.487. The maximum atomic E-state index is 12.7. The Hall–Kier alpha value is -2.49. The van der Waals surface area contributed by atoms with Crippen LogP contribution in [0.25, 0.3) is 0 Å². The lowest BCUT2D eigenvalue weighted by Crippen LogP contribution is -2.46. The molecule has 0 spiro atoms. The van der Waals surface area contributed by atoms with Gasteiger partial charge in [-0.1, -0.05) is 29.8 Å². The fourth-order valence-electron chi connectivity index (χ4n) is 2.73. The Morgan fingerprint density at radius 1 is 1.18 bits per heavy atom. The van der Waals surface area contributed by atoms with Crippen molar-refractivity contribution in [3.05, 3.63) is 53.6 Å². The van der Waals surface area contributed by atoms with Gasteiger partial charge in [0.1, 0.15) is 5.75 Å². The van der Waals surface area contributed by atoms with Gasteiger partial charge in [0.05, 0.1) is 5.69 Å². The highest BCUT2D eigenvalue weighted by Crippen LogP contribution is 2.36. The number of ether oxygens (including phenoxy) is 1. The van der Waals surface area contributed by atoms with Crippen molar-refractivity contribution in [1.82, 2.24) is 0 Å². The molecule has 0 saturated carbocycles. The molecule has 1 aliphatic heterocycles. The van der Waals surface area contributed by atoms with Gasteiger partial charge in [-0.15, -0.1) is 0 Å². The first kappa shape index (κ1) is 14.4. The van der Waals surface area contributed by atoms with Gasteiger partial charge in [-0.2, -0.15) is 0 Å². The maximum absolute atomic E-state index is 12.7. The van der Waals surface area contributed by atoms with E-state index in [1.165, 1.54) is 5.56 Å². The fourth-order valence-corrected chi connectivity index (χ4v) is 2.73. The van der Waals surface area contributed by atoms with Crippen LogP contribution in [0.5, 0.6) is 5.75 Å². The number of fused-ring (bicyclic) bond motifs is 1. The Kier molecular flexibility index (Phi) is 3.75. The minimum absolute atomic E-state index is 0.0128. The number of aryl methyl sites for hydroxylation is 1. The highest BCUT2D eigenvalue weighted by Gasteiger charge is 2.33. The monoisotopic (exact) mass is 296 g/mol. The summed E-state index contributed by atoms with van der Waals surface area (Å²) in [5.74, 6) is 0.703. The number of nitrogens with two attached hydrogens (primary N) is 1. The van der Waals surface area contributed by atoms with Crippen LogP contribution in [0.15, 0.2) is 42.5 Å². The summed E-state index contributed by atoms with van der Waals surface area (Å²) in [7, 11) is 0. The average molecular weight is 296 g/mol. The Morgan fingerprint density at radius 3 is 2.59 bits per heavy atom. The molecule has 0 radical (unpaired) electrons. The summed E-state index contributed by atoms with van der Waals surface area (Å²) in [5, 5.41) is 0. The summed E-state index contributed by atoms with van der Waals surface area (Å²) < 4.78 is 5.92. The Bertz CT molecular complexity index is 695. The van der Waals surface area contributed by atoms with Gasteiger partial charge < -0.3 is 15.4 Å². The van der Waals surface area contributed by atoms with E-state index in [2.05, 4.69) is 12.1 Å². The number of carbonyl (C=O) groups excluding carboxylic acids is 1. The third-order valence-corrected chi connectivity index (χ3v) is 3.94. The number of nitrogens with zero attached hydrogens (tertiary/aromatic N) is 1. The minimum Gasteiger partial charge on any atom is -0.478 e. The summed E-state index contributed by atoms with van der Waals surface area (Å²) in [6, 6.07) is 13.6. The van der Waals surface area contributed by atoms with Crippen molar-refractivity contribution in [1.29, 1.82) is 0 Å². The average Bonchev–Trinajstić information content (AvgIpc) is 2.51. The molecule has 2 N–H and O–H groups in total. The van der Waals surface area contributed by atoms with Crippen LogP contribution in [-0.4, -0.2) is 18.6 Å². The van der Waals surface area contributed by atoms with Crippen LogP contribution >= 0.6 is 0 Å². The van der Waals surface area contributed by atoms with Crippen molar-refractivity contribution in [2.24, 2.45) is 0 Å². The van der Waals surface area contributed by atoms with Gasteiger partial charge in [-0.25, -0.2) is 0 Å². The first-order chi connectivity index (χ1) is 10.6. The smallest absolute Gasteiger partial charge is 0.268 e. The number of amides is 1. The number of rotatable bonds is 3. The number of hydrogen-bond donors (Lipinski definition) is 1. The maximum Gasteiger partial charge on any atom is 0.268 e. The van der Waals surface area contributed by atoms with E-state index in [-0.39, 0.29) is 5.91 Å². The normalized spacial score (nSPS) is 17.1. The van der Waals surface area contributed by atoms with E-state index in [9.17, 15) is 4.79 Å². The molecule has 2 aromatic carbocycles. The molecule has 1 amide bonds. The predicted octanol–water partition coefficient (Wildman–Crippen LogP) is 2.93. The van der Waals surface area contributed by atoms with Gasteiger partial charge in [0.25, 0.3) is 5.91 Å². The molecule has 1 heterocycles. The molecule has 1 aliphatic rings. The van der Waals surface area contributed by atoms with Gasteiger partial charge in [0.15, 0.2) is 6.10 Å². The van der Waals surface area contributed by atoms with Gasteiger partial charge in [-0.05, 0) is 37.6 Å². The molecule has 0 fully saturated rings. The molecule has 0 aromatic heterocycles. The molecule has 114 valence electrons. The van der Waals surface area contributed by atoms with Crippen molar-refractivity contribution >= 4 is 17.3 Å². The van der Waals surface area contributed by atoms with Crippen molar-refractivity contribution in [2.75, 3.05) is 17.2 Å². The lowest BCUT2D eigenvalue weighted by Gasteiger charge is -2.34. The van der Waals surface area contributed by atoms with Crippen molar-refractivity contribution in [3.8, 4) is 5.75 Å². The third kappa shape index (κ3) is 2.64. The molecule has 2 aromatic rings. The van der Waals surface area contributed by atoms with Crippen molar-refractivity contribution < 1.29 is 9.53 Å². The van der Waals surface area contributed by atoms with Crippen LogP contribution in [0, 0.1) is 6.92 Å². The lowest BCUT2D eigenvalue weighted by molar-refractivity contribution is -0.126. The number of likely N-dealkylation sites (N-methyl/N-ethyl adjacent to an activating group) is 1. The lowest BCUT2D eigenvalue weighted by atomic mass is 10.0. The zero-order valence-corrected chi connectivity index (χ0v) is 12.9. The third-order valence-electron chi connectivity index (χ3n) is 3.94. The standard InChI is InChI=1S/C18H20N2O2/c1-3-20-15-11-14(19)8-9-16(15)22-17(18(20)21)10-13-6-4-12(2)5-7-13/h4-9,11,17H,3,10,19H2,1-2H3. The number of hydrogen-bond acceptors (Lipinski definition) is 3. The first-order valence-electron chi connectivity index (χ1n) is 7.51. The second-order valence-corrected chi connectivity index (χ2v) is 5.61. The molecule has 4 heteroatoms. The summed E-state index contributed by atoms with van der Waals surface area (Å²) in [4.78, 5) is 14.4. The zero-order chi connectivity index (χ0) is 15.7. The molecule has 3 rings (SSSR count). The van der Waals surface area contributed by atoms with Gasteiger partial charge in [0, 0.05) is 18.7 Å². The summed E-state index contributed by atoms with van der Waals surface area (Å²) >= 11 is 0. The van der Waals surface area contributed by atoms with Crippen LogP contribution in [-0.2, 0) is 11.2 Å². The highest BCUT2D eigenvalue weighted by atomic mass is 16.5. The number of carbonyl (C=O) groups is 1. The van der Waals surface area contributed by atoms with E-state index in [1.807, 2.05) is 32.0 Å². The Morgan fingerprint density at radius 2 is 1.91 bits per heavy atom.